The Morgan fingerprint density at radius 1 is 1.25 bits per heavy atom. The van der Waals surface area contributed by atoms with Crippen molar-refractivity contribution in [2.45, 2.75) is 44.8 Å². The van der Waals surface area contributed by atoms with Crippen LogP contribution in [0.15, 0.2) is 35.5 Å². The number of benzene rings is 2. The summed E-state index contributed by atoms with van der Waals surface area (Å²) < 4.78 is 0. The summed E-state index contributed by atoms with van der Waals surface area (Å²) in [6.45, 7) is 2.94. The van der Waals surface area contributed by atoms with E-state index in [2.05, 4.69) is 47.7 Å². The van der Waals surface area contributed by atoms with Gasteiger partial charge in [0.15, 0.2) is 0 Å². The molecular formula is C20H24N2O2. The Hall–Kier alpha value is -1.91. The predicted molar refractivity (Wildman–Crippen MR) is 96.5 cm³/mol. The number of hydrogen-bond donors (Lipinski definition) is 2. The minimum atomic E-state index is -0.504. The first-order chi connectivity index (χ1) is 11.7. The van der Waals surface area contributed by atoms with Crippen molar-refractivity contribution in [1.82, 2.24) is 5.32 Å². The third-order valence-corrected chi connectivity index (χ3v) is 4.87. The summed E-state index contributed by atoms with van der Waals surface area (Å²) in [6.07, 6.45) is 3.85. The van der Waals surface area contributed by atoms with E-state index in [0.29, 0.717) is 12.6 Å². The van der Waals surface area contributed by atoms with E-state index in [1.807, 2.05) is 0 Å². The zero-order valence-corrected chi connectivity index (χ0v) is 14.1. The number of fused-ring (bicyclic) bond motifs is 3. The SMILES string of the molecule is Cc1ccc2c3c(ccc2c1)/C(=N/OCC(O)CNC1CC1)CC3. The number of aryl methyl sites for hydroxylation is 2. The van der Waals surface area contributed by atoms with Crippen LogP contribution >= 0.6 is 0 Å². The van der Waals surface area contributed by atoms with Crippen LogP contribution in [0.25, 0.3) is 10.8 Å². The summed E-state index contributed by atoms with van der Waals surface area (Å²) in [5.74, 6) is 0. The average molecular weight is 324 g/mol. The molecule has 2 aliphatic rings. The Morgan fingerprint density at radius 3 is 2.96 bits per heavy atom. The second-order valence-corrected chi connectivity index (χ2v) is 6.99. The zero-order chi connectivity index (χ0) is 16.5. The number of aliphatic hydroxyl groups is 1. The van der Waals surface area contributed by atoms with E-state index in [1.54, 1.807) is 0 Å². The highest BCUT2D eigenvalue weighted by atomic mass is 16.6. The van der Waals surface area contributed by atoms with Gasteiger partial charge in [0.05, 0.1) is 5.71 Å². The summed E-state index contributed by atoms with van der Waals surface area (Å²) in [4.78, 5) is 5.42. The molecule has 0 amide bonds. The van der Waals surface area contributed by atoms with Crippen LogP contribution in [-0.2, 0) is 11.3 Å². The highest BCUT2D eigenvalue weighted by molar-refractivity contribution is 6.08. The first kappa shape index (κ1) is 15.6. The van der Waals surface area contributed by atoms with Crippen LogP contribution in [0.3, 0.4) is 0 Å². The first-order valence-corrected chi connectivity index (χ1v) is 8.83. The Kier molecular flexibility index (Phi) is 4.25. The Morgan fingerprint density at radius 2 is 2.12 bits per heavy atom. The van der Waals surface area contributed by atoms with Crippen LogP contribution in [0.4, 0.5) is 0 Å². The van der Waals surface area contributed by atoms with Gasteiger partial charge < -0.3 is 15.3 Å². The van der Waals surface area contributed by atoms with Crippen molar-refractivity contribution in [3.05, 3.63) is 47.0 Å². The summed E-state index contributed by atoms with van der Waals surface area (Å²) in [5.41, 5.74) is 4.84. The molecule has 2 aromatic carbocycles. The molecule has 0 saturated heterocycles. The molecule has 0 aliphatic heterocycles. The van der Waals surface area contributed by atoms with Crippen molar-refractivity contribution in [3.8, 4) is 0 Å². The van der Waals surface area contributed by atoms with Crippen molar-refractivity contribution in [3.63, 3.8) is 0 Å². The highest BCUT2D eigenvalue weighted by Gasteiger charge is 2.22. The van der Waals surface area contributed by atoms with Crippen molar-refractivity contribution in [2.24, 2.45) is 5.16 Å². The molecule has 1 saturated carbocycles. The smallest absolute Gasteiger partial charge is 0.144 e. The highest BCUT2D eigenvalue weighted by Crippen LogP contribution is 2.31. The van der Waals surface area contributed by atoms with Gasteiger partial charge in [0, 0.05) is 18.2 Å². The number of nitrogens with zero attached hydrogens (tertiary/aromatic N) is 1. The molecule has 4 rings (SSSR count). The van der Waals surface area contributed by atoms with Gasteiger partial charge in [-0.2, -0.15) is 0 Å². The van der Waals surface area contributed by atoms with Gasteiger partial charge in [-0.25, -0.2) is 0 Å². The van der Waals surface area contributed by atoms with E-state index in [9.17, 15) is 5.11 Å². The van der Waals surface area contributed by atoms with Gasteiger partial charge in [-0.1, -0.05) is 41.1 Å². The Labute approximate surface area is 142 Å². The van der Waals surface area contributed by atoms with Crippen LogP contribution in [0.5, 0.6) is 0 Å². The van der Waals surface area contributed by atoms with Gasteiger partial charge in [-0.3, -0.25) is 0 Å². The third-order valence-electron chi connectivity index (χ3n) is 4.87. The zero-order valence-electron chi connectivity index (χ0n) is 14.1. The van der Waals surface area contributed by atoms with Crippen LogP contribution < -0.4 is 5.32 Å². The van der Waals surface area contributed by atoms with E-state index < -0.39 is 6.10 Å². The normalized spacial score (nSPS) is 19.7. The van der Waals surface area contributed by atoms with Crippen molar-refractivity contribution in [1.29, 1.82) is 0 Å². The van der Waals surface area contributed by atoms with Crippen molar-refractivity contribution < 1.29 is 9.94 Å². The monoisotopic (exact) mass is 324 g/mol. The molecule has 0 aromatic heterocycles. The number of oxime groups is 1. The average Bonchev–Trinajstić information content (AvgIpc) is 3.32. The van der Waals surface area contributed by atoms with E-state index in [4.69, 9.17) is 4.84 Å². The minimum absolute atomic E-state index is 0.241. The molecular weight excluding hydrogens is 300 g/mol. The lowest BCUT2D eigenvalue weighted by Gasteiger charge is -2.10. The molecule has 0 radical (unpaired) electrons. The number of rotatable bonds is 6. The lowest BCUT2D eigenvalue weighted by atomic mass is 9.99. The fourth-order valence-corrected chi connectivity index (χ4v) is 3.38. The largest absolute Gasteiger partial charge is 0.393 e. The van der Waals surface area contributed by atoms with Crippen LogP contribution in [0.1, 0.15) is 36.0 Å². The first-order valence-electron chi connectivity index (χ1n) is 8.83. The molecule has 1 unspecified atom stereocenters. The standard InChI is InChI=1S/C20H24N2O2/c1-13-2-6-17-14(10-13)3-7-19-18(17)8-9-20(19)22-24-12-16(23)11-21-15-4-5-15/h2-3,6-7,10,15-16,21,23H,4-5,8-9,11-12H2,1H3/b22-20+. The predicted octanol–water partition coefficient (Wildman–Crippen LogP) is 2.93. The maximum absolute atomic E-state index is 9.91. The molecule has 2 N–H and O–H groups in total. The summed E-state index contributed by atoms with van der Waals surface area (Å²) in [6, 6.07) is 11.5. The third kappa shape index (κ3) is 3.30. The maximum Gasteiger partial charge on any atom is 0.144 e. The summed E-state index contributed by atoms with van der Waals surface area (Å²) in [5, 5.41) is 20.1. The van der Waals surface area contributed by atoms with Crippen molar-refractivity contribution in [2.75, 3.05) is 13.2 Å². The maximum atomic E-state index is 9.91. The fraction of sp³-hybridized carbons (Fsp3) is 0.450. The second kappa shape index (κ2) is 6.54. The quantitative estimate of drug-likeness (QED) is 0.803. The molecule has 2 aromatic rings. The topological polar surface area (TPSA) is 53.9 Å². The second-order valence-electron chi connectivity index (χ2n) is 6.99. The lowest BCUT2D eigenvalue weighted by Crippen LogP contribution is -2.31. The van der Waals surface area contributed by atoms with Crippen LogP contribution in [0.2, 0.25) is 0 Å². The Bertz CT molecular complexity index is 781. The van der Waals surface area contributed by atoms with Gasteiger partial charge in [0.2, 0.25) is 0 Å². The molecule has 24 heavy (non-hydrogen) atoms. The fourth-order valence-electron chi connectivity index (χ4n) is 3.38. The molecule has 0 spiro atoms. The number of aliphatic hydroxyl groups excluding tert-OH is 1. The molecule has 126 valence electrons. The Balaban J connectivity index is 1.44. The number of hydrogen-bond acceptors (Lipinski definition) is 4. The molecule has 1 fully saturated rings. The molecule has 4 heteroatoms. The molecule has 2 aliphatic carbocycles. The summed E-state index contributed by atoms with van der Waals surface area (Å²) in [7, 11) is 0. The van der Waals surface area contributed by atoms with Gasteiger partial charge in [-0.15, -0.1) is 0 Å². The van der Waals surface area contributed by atoms with Gasteiger partial charge in [-0.05, 0) is 48.9 Å². The summed E-state index contributed by atoms with van der Waals surface area (Å²) >= 11 is 0. The molecule has 4 nitrogen and oxygen atoms in total. The molecule has 0 bridgehead atoms. The van der Waals surface area contributed by atoms with Gasteiger partial charge >= 0.3 is 0 Å². The lowest BCUT2D eigenvalue weighted by molar-refractivity contribution is 0.0401. The molecule has 1 atom stereocenters. The van der Waals surface area contributed by atoms with E-state index in [0.717, 1.165) is 18.6 Å². The molecule has 0 heterocycles. The van der Waals surface area contributed by atoms with Crippen molar-refractivity contribution >= 4 is 16.5 Å². The van der Waals surface area contributed by atoms with Crippen LogP contribution in [0, 0.1) is 6.92 Å². The van der Waals surface area contributed by atoms with E-state index in [1.165, 1.54) is 40.3 Å². The van der Waals surface area contributed by atoms with Gasteiger partial charge in [0.25, 0.3) is 0 Å². The number of nitrogens with one attached hydrogen (secondary N) is 1. The van der Waals surface area contributed by atoms with E-state index >= 15 is 0 Å². The van der Waals surface area contributed by atoms with E-state index in [-0.39, 0.29) is 6.61 Å². The van der Waals surface area contributed by atoms with Crippen LogP contribution in [-0.4, -0.2) is 36.1 Å². The van der Waals surface area contributed by atoms with Gasteiger partial charge in [0.1, 0.15) is 12.7 Å². The minimum Gasteiger partial charge on any atom is -0.393 e.